The van der Waals surface area contributed by atoms with Crippen molar-refractivity contribution in [3.63, 3.8) is 0 Å². The highest BCUT2D eigenvalue weighted by Crippen LogP contribution is 2.30. The van der Waals surface area contributed by atoms with E-state index < -0.39 is 0 Å². The normalized spacial score (nSPS) is 11.2. The Balaban J connectivity index is 1.94. The van der Waals surface area contributed by atoms with Gasteiger partial charge in [-0.05, 0) is 17.7 Å². The molecule has 6 nitrogen and oxygen atoms in total. The fourth-order valence-electron chi connectivity index (χ4n) is 2.85. The molecule has 0 saturated carbocycles. The summed E-state index contributed by atoms with van der Waals surface area (Å²) in [5.74, 6) is 0.980. The van der Waals surface area contributed by atoms with Crippen molar-refractivity contribution in [2.45, 2.75) is 6.61 Å². The molecule has 0 aliphatic carbocycles. The Morgan fingerprint density at radius 3 is 2.42 bits per heavy atom. The van der Waals surface area contributed by atoms with Crippen LogP contribution in [0.2, 0.25) is 0 Å². The maximum absolute atomic E-state index is 13.3. The Morgan fingerprint density at radius 1 is 1.00 bits per heavy atom. The number of rotatable bonds is 4. The zero-order valence-corrected chi connectivity index (χ0v) is 14.1. The quantitative estimate of drug-likeness (QED) is 0.611. The molecular weight excluding hydrogens is 333 g/mol. The van der Waals surface area contributed by atoms with Gasteiger partial charge in [-0.25, -0.2) is 9.37 Å². The van der Waals surface area contributed by atoms with Crippen molar-refractivity contribution >= 4 is 11.6 Å². The van der Waals surface area contributed by atoms with Gasteiger partial charge in [0, 0.05) is 18.2 Å². The Hall–Kier alpha value is -3.32. The number of nitrogens with zero attached hydrogens (tertiary/aromatic N) is 4. The van der Waals surface area contributed by atoms with Crippen molar-refractivity contribution in [3.05, 3.63) is 66.1 Å². The first kappa shape index (κ1) is 16.2. The van der Waals surface area contributed by atoms with E-state index in [1.54, 1.807) is 19.2 Å². The number of nitrogens with two attached hydrogens (primary N) is 1. The number of halogens is 1. The largest absolute Gasteiger partial charge is 0.383 e. The Bertz CT molecular complexity index is 1060. The second kappa shape index (κ2) is 6.53. The molecule has 4 aromatic rings. The summed E-state index contributed by atoms with van der Waals surface area (Å²) < 4.78 is 20.1. The van der Waals surface area contributed by atoms with E-state index in [9.17, 15) is 4.39 Å². The highest BCUT2D eigenvalue weighted by atomic mass is 19.1. The monoisotopic (exact) mass is 349 g/mol. The number of ether oxygens (including phenoxy) is 1. The van der Waals surface area contributed by atoms with Gasteiger partial charge >= 0.3 is 0 Å². The van der Waals surface area contributed by atoms with E-state index in [-0.39, 0.29) is 12.4 Å². The molecule has 26 heavy (non-hydrogen) atoms. The summed E-state index contributed by atoms with van der Waals surface area (Å²) in [7, 11) is 1.58. The Kier molecular flexibility index (Phi) is 4.06. The number of anilines is 1. The molecule has 0 spiro atoms. The number of nitrogen functional groups attached to an aromatic ring is 1. The van der Waals surface area contributed by atoms with Crippen LogP contribution < -0.4 is 5.73 Å². The molecule has 0 bridgehead atoms. The van der Waals surface area contributed by atoms with Gasteiger partial charge in [0.2, 0.25) is 0 Å². The molecule has 7 heteroatoms. The van der Waals surface area contributed by atoms with Crippen LogP contribution in [-0.2, 0) is 11.3 Å². The van der Waals surface area contributed by atoms with Gasteiger partial charge in [-0.3, -0.25) is 0 Å². The smallest absolute Gasteiger partial charge is 0.255 e. The van der Waals surface area contributed by atoms with Crippen molar-refractivity contribution in [3.8, 4) is 22.5 Å². The lowest BCUT2D eigenvalue weighted by atomic mass is 10.0. The van der Waals surface area contributed by atoms with Crippen molar-refractivity contribution in [1.29, 1.82) is 0 Å². The summed E-state index contributed by atoms with van der Waals surface area (Å²) >= 11 is 0. The third kappa shape index (κ3) is 2.78. The maximum atomic E-state index is 13.3. The number of benzene rings is 2. The van der Waals surface area contributed by atoms with Crippen LogP contribution in [0.15, 0.2) is 54.6 Å². The molecule has 0 amide bonds. The van der Waals surface area contributed by atoms with Gasteiger partial charge in [0.15, 0.2) is 5.82 Å². The second-order valence-corrected chi connectivity index (χ2v) is 5.77. The first-order valence-electron chi connectivity index (χ1n) is 8.03. The molecule has 4 rings (SSSR count). The average molecular weight is 349 g/mol. The fraction of sp³-hybridized carbons (Fsp3) is 0.105. The maximum Gasteiger partial charge on any atom is 0.255 e. The van der Waals surface area contributed by atoms with Crippen molar-refractivity contribution in [1.82, 2.24) is 19.6 Å². The molecule has 0 radical (unpaired) electrons. The third-order valence-electron chi connectivity index (χ3n) is 4.04. The van der Waals surface area contributed by atoms with Gasteiger partial charge in [-0.1, -0.05) is 42.5 Å². The first-order valence-corrected chi connectivity index (χ1v) is 8.03. The molecule has 0 unspecified atom stereocenters. The van der Waals surface area contributed by atoms with Crippen LogP contribution in [0.3, 0.4) is 0 Å². The van der Waals surface area contributed by atoms with Crippen LogP contribution in [0.4, 0.5) is 10.2 Å². The Morgan fingerprint density at radius 2 is 1.73 bits per heavy atom. The van der Waals surface area contributed by atoms with Crippen LogP contribution in [0.25, 0.3) is 28.3 Å². The predicted octanol–water partition coefficient (Wildman–Crippen LogP) is 3.33. The van der Waals surface area contributed by atoms with Crippen LogP contribution in [0, 0.1) is 5.82 Å². The average Bonchev–Trinajstić information content (AvgIpc) is 3.09. The lowest BCUT2D eigenvalue weighted by molar-refractivity contribution is 0.182. The first-order chi connectivity index (χ1) is 12.7. The van der Waals surface area contributed by atoms with Gasteiger partial charge in [0.05, 0.1) is 12.3 Å². The van der Waals surface area contributed by atoms with E-state index >= 15 is 0 Å². The van der Waals surface area contributed by atoms with E-state index in [4.69, 9.17) is 10.5 Å². The molecule has 2 N–H and O–H groups in total. The molecule has 2 heterocycles. The minimum absolute atomic E-state index is 0.251. The van der Waals surface area contributed by atoms with E-state index in [0.29, 0.717) is 28.7 Å². The summed E-state index contributed by atoms with van der Waals surface area (Å²) in [6.07, 6.45) is 0. The number of methoxy groups -OCH3 is 1. The third-order valence-corrected chi connectivity index (χ3v) is 4.04. The van der Waals surface area contributed by atoms with Gasteiger partial charge in [0.25, 0.3) is 5.78 Å². The second-order valence-electron chi connectivity index (χ2n) is 5.77. The molecule has 0 fully saturated rings. The van der Waals surface area contributed by atoms with Crippen molar-refractivity contribution in [2.75, 3.05) is 12.8 Å². The molecule has 0 aliphatic heterocycles. The highest BCUT2D eigenvalue weighted by molar-refractivity contribution is 5.78. The zero-order chi connectivity index (χ0) is 18.1. The number of fused-ring (bicyclic) bond motifs is 1. The summed E-state index contributed by atoms with van der Waals surface area (Å²) in [4.78, 5) is 9.04. The summed E-state index contributed by atoms with van der Waals surface area (Å²) in [5, 5.41) is 4.49. The molecule has 0 aliphatic rings. The van der Waals surface area contributed by atoms with E-state index in [2.05, 4.69) is 15.1 Å². The molecule has 2 aromatic heterocycles. The minimum Gasteiger partial charge on any atom is -0.383 e. The summed E-state index contributed by atoms with van der Waals surface area (Å²) in [5.41, 5.74) is 9.27. The van der Waals surface area contributed by atoms with Gasteiger partial charge < -0.3 is 10.5 Å². The number of hydrogen-bond donors (Lipinski definition) is 1. The SMILES string of the molecule is COCc1nc2nc(-c3ccccc3)nn2c(N)c1-c1ccc(F)cc1. The highest BCUT2D eigenvalue weighted by Gasteiger charge is 2.18. The van der Waals surface area contributed by atoms with Crippen LogP contribution in [0.1, 0.15) is 5.69 Å². The van der Waals surface area contributed by atoms with E-state index in [0.717, 1.165) is 11.1 Å². The van der Waals surface area contributed by atoms with Gasteiger partial charge in [-0.15, -0.1) is 5.10 Å². The van der Waals surface area contributed by atoms with Crippen LogP contribution in [-0.4, -0.2) is 26.7 Å². The molecule has 0 atom stereocenters. The molecule has 0 saturated heterocycles. The predicted molar refractivity (Wildman–Crippen MR) is 96.7 cm³/mol. The lowest BCUT2D eigenvalue weighted by Gasteiger charge is -2.12. The van der Waals surface area contributed by atoms with Crippen LogP contribution in [0.5, 0.6) is 0 Å². The minimum atomic E-state index is -0.318. The van der Waals surface area contributed by atoms with Gasteiger partial charge in [-0.2, -0.15) is 9.50 Å². The summed E-state index contributed by atoms with van der Waals surface area (Å²) in [6.45, 7) is 0.251. The number of aromatic nitrogens is 4. The standard InChI is InChI=1S/C19H16FN5O/c1-26-11-15-16(12-7-9-14(20)10-8-12)17(21)25-19(22-15)23-18(24-25)13-5-3-2-4-6-13/h2-10H,11,21H2,1H3. The molecule has 2 aromatic carbocycles. The van der Waals surface area contributed by atoms with Gasteiger partial charge in [0.1, 0.15) is 11.6 Å². The van der Waals surface area contributed by atoms with E-state index in [1.807, 2.05) is 30.3 Å². The fourth-order valence-corrected chi connectivity index (χ4v) is 2.85. The Labute approximate surface area is 149 Å². The van der Waals surface area contributed by atoms with Crippen molar-refractivity contribution < 1.29 is 9.13 Å². The summed E-state index contributed by atoms with van der Waals surface area (Å²) in [6, 6.07) is 15.7. The van der Waals surface area contributed by atoms with E-state index in [1.165, 1.54) is 16.6 Å². The topological polar surface area (TPSA) is 78.3 Å². The zero-order valence-electron chi connectivity index (χ0n) is 14.1. The molecular formula is C19H16FN5O. The van der Waals surface area contributed by atoms with Crippen LogP contribution >= 0.6 is 0 Å². The van der Waals surface area contributed by atoms with Crippen molar-refractivity contribution in [2.24, 2.45) is 0 Å². The number of hydrogen-bond acceptors (Lipinski definition) is 5. The lowest BCUT2D eigenvalue weighted by Crippen LogP contribution is -2.08. The molecule has 130 valence electrons.